The minimum absolute atomic E-state index is 0.0154. The normalized spacial score (nSPS) is 28.0. The standard InChI is InChI=1S/C17H22N2OS/c1-11(15-10-12-4-5-14(15)9-12)19-17(20)16-13(3-2-7-18)6-8-21-16/h6,8,11-12,14-15H,4-5,7,9-10,18H2,1H3,(H,19,20). The highest BCUT2D eigenvalue weighted by atomic mass is 32.1. The van der Waals surface area contributed by atoms with Crippen molar-refractivity contribution in [3.8, 4) is 11.8 Å². The lowest BCUT2D eigenvalue weighted by molar-refractivity contribution is 0.0919. The van der Waals surface area contributed by atoms with E-state index in [1.54, 1.807) is 0 Å². The molecule has 1 aromatic rings. The van der Waals surface area contributed by atoms with Gasteiger partial charge in [-0.25, -0.2) is 0 Å². The minimum Gasteiger partial charge on any atom is -0.349 e. The highest BCUT2D eigenvalue weighted by Gasteiger charge is 2.42. The second-order valence-corrected chi connectivity index (χ2v) is 7.19. The molecule has 21 heavy (non-hydrogen) atoms. The Kier molecular flexibility index (Phi) is 4.32. The van der Waals surface area contributed by atoms with Gasteiger partial charge in [-0.15, -0.1) is 11.3 Å². The van der Waals surface area contributed by atoms with Gasteiger partial charge in [0.25, 0.3) is 5.91 Å². The summed E-state index contributed by atoms with van der Waals surface area (Å²) in [5.74, 6) is 8.21. The van der Waals surface area contributed by atoms with E-state index in [-0.39, 0.29) is 11.9 Å². The van der Waals surface area contributed by atoms with Gasteiger partial charge >= 0.3 is 0 Å². The molecule has 1 aromatic heterocycles. The molecule has 2 saturated carbocycles. The van der Waals surface area contributed by atoms with Crippen LogP contribution in [0.5, 0.6) is 0 Å². The third kappa shape index (κ3) is 3.00. The van der Waals surface area contributed by atoms with Crippen molar-refractivity contribution in [1.29, 1.82) is 0 Å². The Morgan fingerprint density at radius 1 is 1.52 bits per heavy atom. The Morgan fingerprint density at radius 3 is 3.05 bits per heavy atom. The van der Waals surface area contributed by atoms with E-state index in [9.17, 15) is 4.79 Å². The van der Waals surface area contributed by atoms with Crippen LogP contribution in [0.2, 0.25) is 0 Å². The third-order valence-electron chi connectivity index (χ3n) is 4.99. The highest BCUT2D eigenvalue weighted by Crippen LogP contribution is 2.49. The molecule has 2 aliphatic carbocycles. The van der Waals surface area contributed by atoms with Gasteiger partial charge in [0, 0.05) is 11.6 Å². The molecule has 1 amide bonds. The van der Waals surface area contributed by atoms with E-state index >= 15 is 0 Å². The van der Waals surface area contributed by atoms with Gasteiger partial charge in [-0.2, -0.15) is 0 Å². The maximum atomic E-state index is 12.5. The Morgan fingerprint density at radius 2 is 2.38 bits per heavy atom. The zero-order chi connectivity index (χ0) is 14.8. The maximum absolute atomic E-state index is 12.5. The van der Waals surface area contributed by atoms with Crippen LogP contribution in [0.1, 0.15) is 47.8 Å². The van der Waals surface area contributed by atoms with Crippen molar-refractivity contribution >= 4 is 17.2 Å². The number of hydrogen-bond acceptors (Lipinski definition) is 3. The summed E-state index contributed by atoms with van der Waals surface area (Å²) < 4.78 is 0. The molecule has 2 aliphatic rings. The van der Waals surface area contributed by atoms with Crippen molar-refractivity contribution in [2.24, 2.45) is 23.5 Å². The minimum atomic E-state index is 0.0154. The fourth-order valence-electron chi connectivity index (χ4n) is 4.02. The van der Waals surface area contributed by atoms with Crippen LogP contribution in [0, 0.1) is 29.6 Å². The summed E-state index contributed by atoms with van der Waals surface area (Å²) in [6.07, 6.45) is 5.40. The molecular weight excluding hydrogens is 280 g/mol. The van der Waals surface area contributed by atoms with Crippen molar-refractivity contribution in [3.63, 3.8) is 0 Å². The van der Waals surface area contributed by atoms with E-state index in [1.807, 2.05) is 11.4 Å². The topological polar surface area (TPSA) is 55.1 Å². The van der Waals surface area contributed by atoms with Gasteiger partial charge in [0.05, 0.1) is 6.54 Å². The van der Waals surface area contributed by atoms with Gasteiger partial charge in [-0.3, -0.25) is 4.79 Å². The lowest BCUT2D eigenvalue weighted by Crippen LogP contribution is -2.40. The number of thiophene rings is 1. The number of carbonyl (C=O) groups is 1. The number of rotatable bonds is 3. The second-order valence-electron chi connectivity index (χ2n) is 6.27. The fourth-order valence-corrected chi connectivity index (χ4v) is 4.77. The summed E-state index contributed by atoms with van der Waals surface area (Å²) in [5.41, 5.74) is 6.19. The Bertz CT molecular complexity index is 583. The summed E-state index contributed by atoms with van der Waals surface area (Å²) in [7, 11) is 0. The SMILES string of the molecule is CC(NC(=O)c1sccc1C#CCN)C1CC2CCC1C2. The van der Waals surface area contributed by atoms with Gasteiger partial charge in [-0.1, -0.05) is 18.3 Å². The lowest BCUT2D eigenvalue weighted by atomic mass is 9.84. The van der Waals surface area contributed by atoms with E-state index in [1.165, 1.54) is 37.0 Å². The summed E-state index contributed by atoms with van der Waals surface area (Å²) in [5, 5.41) is 5.11. The first-order chi connectivity index (χ1) is 10.2. The molecule has 4 unspecified atom stereocenters. The zero-order valence-corrected chi connectivity index (χ0v) is 13.2. The molecular formula is C17H22N2OS. The van der Waals surface area contributed by atoms with E-state index in [4.69, 9.17) is 5.73 Å². The Balaban J connectivity index is 1.65. The largest absolute Gasteiger partial charge is 0.349 e. The van der Waals surface area contributed by atoms with Crippen molar-refractivity contribution < 1.29 is 4.79 Å². The Labute approximate surface area is 130 Å². The number of nitrogens with two attached hydrogens (primary N) is 1. The molecule has 3 N–H and O–H groups in total. The number of nitrogens with one attached hydrogen (secondary N) is 1. The first-order valence-corrected chi connectivity index (χ1v) is 8.64. The van der Waals surface area contributed by atoms with Crippen molar-refractivity contribution in [2.75, 3.05) is 6.54 Å². The van der Waals surface area contributed by atoms with Gasteiger partial charge in [-0.05, 0) is 55.4 Å². The molecule has 4 heteroatoms. The van der Waals surface area contributed by atoms with Gasteiger partial charge in [0.2, 0.25) is 0 Å². The van der Waals surface area contributed by atoms with Crippen LogP contribution in [0.3, 0.4) is 0 Å². The van der Waals surface area contributed by atoms with Crippen LogP contribution in [0.4, 0.5) is 0 Å². The number of amides is 1. The fraction of sp³-hybridized carbons (Fsp3) is 0.588. The van der Waals surface area contributed by atoms with E-state index in [0.717, 1.165) is 17.4 Å². The van der Waals surface area contributed by atoms with Crippen molar-refractivity contribution in [3.05, 3.63) is 21.9 Å². The van der Waals surface area contributed by atoms with Crippen LogP contribution < -0.4 is 11.1 Å². The summed E-state index contributed by atoms with van der Waals surface area (Å²) in [6.45, 7) is 2.47. The highest BCUT2D eigenvalue weighted by molar-refractivity contribution is 7.12. The average molecular weight is 302 g/mol. The number of hydrogen-bond donors (Lipinski definition) is 2. The molecule has 4 atom stereocenters. The van der Waals surface area contributed by atoms with Crippen LogP contribution in [0.15, 0.2) is 11.4 Å². The molecule has 0 spiro atoms. The molecule has 0 radical (unpaired) electrons. The lowest BCUT2D eigenvalue weighted by Gasteiger charge is -2.28. The number of fused-ring (bicyclic) bond motifs is 2. The molecule has 0 aliphatic heterocycles. The number of carbonyl (C=O) groups excluding carboxylic acids is 1. The molecule has 2 fully saturated rings. The van der Waals surface area contributed by atoms with Crippen molar-refractivity contribution in [1.82, 2.24) is 5.32 Å². The quantitative estimate of drug-likeness (QED) is 0.843. The summed E-state index contributed by atoms with van der Waals surface area (Å²) in [4.78, 5) is 13.2. The molecule has 1 heterocycles. The van der Waals surface area contributed by atoms with E-state index in [0.29, 0.717) is 17.3 Å². The maximum Gasteiger partial charge on any atom is 0.262 e. The summed E-state index contributed by atoms with van der Waals surface area (Å²) in [6, 6.07) is 2.15. The van der Waals surface area contributed by atoms with Crippen LogP contribution in [-0.2, 0) is 0 Å². The van der Waals surface area contributed by atoms with Crippen LogP contribution >= 0.6 is 11.3 Å². The smallest absolute Gasteiger partial charge is 0.262 e. The van der Waals surface area contributed by atoms with E-state index < -0.39 is 0 Å². The molecule has 3 rings (SSSR count). The predicted octanol–water partition coefficient (Wildman–Crippen LogP) is 2.61. The van der Waals surface area contributed by atoms with E-state index in [2.05, 4.69) is 24.1 Å². The second kappa shape index (κ2) is 6.21. The van der Waals surface area contributed by atoms with Crippen LogP contribution in [0.25, 0.3) is 0 Å². The first kappa shape index (κ1) is 14.6. The van der Waals surface area contributed by atoms with Crippen molar-refractivity contribution in [2.45, 2.75) is 38.6 Å². The monoisotopic (exact) mass is 302 g/mol. The molecule has 0 aromatic carbocycles. The molecule has 3 nitrogen and oxygen atoms in total. The Hall–Kier alpha value is -1.31. The molecule has 2 bridgehead atoms. The van der Waals surface area contributed by atoms with Crippen LogP contribution in [-0.4, -0.2) is 18.5 Å². The third-order valence-corrected chi connectivity index (χ3v) is 5.90. The molecule has 112 valence electrons. The first-order valence-electron chi connectivity index (χ1n) is 7.76. The summed E-state index contributed by atoms with van der Waals surface area (Å²) >= 11 is 1.45. The predicted molar refractivity (Wildman–Crippen MR) is 86.1 cm³/mol. The van der Waals surface area contributed by atoms with Gasteiger partial charge < -0.3 is 11.1 Å². The van der Waals surface area contributed by atoms with Gasteiger partial charge in [0.1, 0.15) is 4.88 Å². The van der Waals surface area contributed by atoms with Gasteiger partial charge in [0.15, 0.2) is 0 Å². The average Bonchev–Trinajstić information content (AvgIpc) is 3.20. The molecule has 0 saturated heterocycles. The zero-order valence-electron chi connectivity index (χ0n) is 12.4.